The number of carbonyl (C=O) groups excluding carboxylic acids is 1. The summed E-state index contributed by atoms with van der Waals surface area (Å²) in [6.07, 6.45) is 2.99. The van der Waals surface area contributed by atoms with E-state index < -0.39 is 23.0 Å². The van der Waals surface area contributed by atoms with Crippen LogP contribution in [0.15, 0.2) is 17.1 Å². The molecule has 0 amide bonds. The van der Waals surface area contributed by atoms with Crippen LogP contribution in [0.5, 0.6) is 0 Å². The smallest absolute Gasteiger partial charge is 0.343 e. The molecule has 22 heavy (non-hydrogen) atoms. The molecule has 1 saturated carbocycles. The maximum Gasteiger partial charge on any atom is 0.343 e. The van der Waals surface area contributed by atoms with Gasteiger partial charge in [0, 0.05) is 17.8 Å². The van der Waals surface area contributed by atoms with Crippen LogP contribution in [0.4, 0.5) is 8.78 Å². The molecule has 0 atom stereocenters. The number of ether oxygens (including phenoxy) is 1. The zero-order chi connectivity index (χ0) is 16.0. The van der Waals surface area contributed by atoms with E-state index in [1.807, 2.05) is 0 Å². The average molecular weight is 307 g/mol. The molecular weight excluding hydrogens is 292 g/mol. The van der Waals surface area contributed by atoms with Crippen molar-refractivity contribution in [1.29, 1.82) is 0 Å². The minimum absolute atomic E-state index is 0.0237. The third-order valence-corrected chi connectivity index (χ3v) is 3.87. The number of carbonyl (C=O) groups is 1. The highest BCUT2D eigenvalue weighted by molar-refractivity contribution is 5.94. The predicted octanol–water partition coefficient (Wildman–Crippen LogP) is 3.10. The summed E-state index contributed by atoms with van der Waals surface area (Å²) >= 11 is 0. The molecule has 1 aliphatic carbocycles. The number of nitrogens with zero attached hydrogens (tertiary/aromatic N) is 1. The lowest BCUT2D eigenvalue weighted by atomic mass is 10.1. The maximum absolute atomic E-state index is 14.5. The van der Waals surface area contributed by atoms with Crippen molar-refractivity contribution in [3.63, 3.8) is 0 Å². The summed E-state index contributed by atoms with van der Waals surface area (Å²) in [7, 11) is 0. The molecule has 6 heteroatoms. The molecule has 1 aromatic heterocycles. The number of pyridine rings is 1. The Morgan fingerprint density at radius 2 is 2.09 bits per heavy atom. The largest absolute Gasteiger partial charge is 0.462 e. The predicted molar refractivity (Wildman–Crippen MR) is 77.1 cm³/mol. The van der Waals surface area contributed by atoms with Crippen molar-refractivity contribution in [2.75, 3.05) is 6.61 Å². The molecule has 1 fully saturated rings. The molecule has 0 bridgehead atoms. The van der Waals surface area contributed by atoms with Gasteiger partial charge in [-0.15, -0.1) is 0 Å². The van der Waals surface area contributed by atoms with Crippen molar-refractivity contribution >= 4 is 16.9 Å². The third kappa shape index (κ3) is 2.19. The maximum atomic E-state index is 14.5. The number of benzene rings is 1. The van der Waals surface area contributed by atoms with Crippen LogP contribution in [-0.2, 0) is 4.74 Å². The van der Waals surface area contributed by atoms with E-state index in [-0.39, 0.29) is 34.7 Å². The second-order valence-corrected chi connectivity index (χ2v) is 5.42. The van der Waals surface area contributed by atoms with Crippen molar-refractivity contribution in [2.45, 2.75) is 32.7 Å². The Bertz CT molecular complexity index is 838. The van der Waals surface area contributed by atoms with E-state index in [2.05, 4.69) is 0 Å². The van der Waals surface area contributed by atoms with Gasteiger partial charge in [-0.3, -0.25) is 4.79 Å². The fourth-order valence-corrected chi connectivity index (χ4v) is 2.53. The van der Waals surface area contributed by atoms with E-state index in [0.717, 1.165) is 18.9 Å². The molecule has 1 heterocycles. The standard InChI is InChI=1S/C16H15F2NO3/c1-3-22-16(21)11-7-19(9-4-5-9)14-10(15(11)20)6-12(17)8(2)13(14)18/h6-7,9H,3-5H2,1-2H3. The van der Waals surface area contributed by atoms with Crippen LogP contribution in [-0.4, -0.2) is 17.1 Å². The molecule has 3 rings (SSSR count). The molecule has 0 N–H and O–H groups in total. The quantitative estimate of drug-likeness (QED) is 0.819. The van der Waals surface area contributed by atoms with Gasteiger partial charge in [-0.1, -0.05) is 0 Å². The SMILES string of the molecule is CCOC(=O)c1cn(C2CC2)c2c(F)c(C)c(F)cc2c1=O. The molecule has 0 aliphatic heterocycles. The van der Waals surface area contributed by atoms with Crippen LogP contribution >= 0.6 is 0 Å². The lowest BCUT2D eigenvalue weighted by Crippen LogP contribution is -2.21. The first-order valence-corrected chi connectivity index (χ1v) is 7.16. The number of rotatable bonds is 3. The van der Waals surface area contributed by atoms with Crippen molar-refractivity contribution < 1.29 is 18.3 Å². The molecule has 1 aliphatic rings. The summed E-state index contributed by atoms with van der Waals surface area (Å²) < 4.78 is 34.7. The van der Waals surface area contributed by atoms with Crippen LogP contribution in [0.3, 0.4) is 0 Å². The third-order valence-electron chi connectivity index (χ3n) is 3.87. The molecule has 0 unspecified atom stereocenters. The van der Waals surface area contributed by atoms with E-state index in [9.17, 15) is 18.4 Å². The second kappa shape index (κ2) is 5.19. The lowest BCUT2D eigenvalue weighted by molar-refractivity contribution is 0.0524. The molecule has 1 aromatic carbocycles. The molecule has 0 radical (unpaired) electrons. The zero-order valence-electron chi connectivity index (χ0n) is 12.3. The highest BCUT2D eigenvalue weighted by atomic mass is 19.1. The highest BCUT2D eigenvalue weighted by Gasteiger charge is 2.29. The molecule has 4 nitrogen and oxygen atoms in total. The number of halogens is 2. The summed E-state index contributed by atoms with van der Waals surface area (Å²) in [5, 5.41) is -0.127. The van der Waals surface area contributed by atoms with Crippen molar-refractivity contribution in [3.05, 3.63) is 45.2 Å². The molecule has 116 valence electrons. The Labute approximate surface area is 125 Å². The summed E-state index contributed by atoms with van der Waals surface area (Å²) in [5.74, 6) is -2.33. The Morgan fingerprint density at radius 1 is 1.41 bits per heavy atom. The van der Waals surface area contributed by atoms with Crippen molar-refractivity contribution in [3.8, 4) is 0 Å². The zero-order valence-corrected chi connectivity index (χ0v) is 12.3. The van der Waals surface area contributed by atoms with Gasteiger partial charge in [-0.2, -0.15) is 0 Å². The Kier molecular flexibility index (Phi) is 3.47. The van der Waals surface area contributed by atoms with E-state index in [1.165, 1.54) is 13.1 Å². The van der Waals surface area contributed by atoms with E-state index >= 15 is 0 Å². The summed E-state index contributed by atoms with van der Waals surface area (Å²) in [6.45, 7) is 3.07. The molecule has 0 spiro atoms. The van der Waals surface area contributed by atoms with Crippen LogP contribution in [0.1, 0.15) is 41.7 Å². The van der Waals surface area contributed by atoms with Gasteiger partial charge < -0.3 is 9.30 Å². The van der Waals surface area contributed by atoms with Crippen molar-refractivity contribution in [1.82, 2.24) is 4.57 Å². The van der Waals surface area contributed by atoms with Gasteiger partial charge in [0.1, 0.15) is 11.4 Å². The van der Waals surface area contributed by atoms with Crippen LogP contribution < -0.4 is 5.43 Å². The number of hydrogen-bond acceptors (Lipinski definition) is 3. The monoisotopic (exact) mass is 307 g/mol. The molecule has 2 aromatic rings. The number of esters is 1. The Balaban J connectivity index is 2.38. The van der Waals surface area contributed by atoms with Gasteiger partial charge in [0.05, 0.1) is 17.5 Å². The fraction of sp³-hybridized carbons (Fsp3) is 0.375. The number of aromatic nitrogens is 1. The Morgan fingerprint density at radius 3 is 2.68 bits per heavy atom. The molecule has 0 saturated heterocycles. The van der Waals surface area contributed by atoms with Gasteiger partial charge in [0.2, 0.25) is 5.43 Å². The van der Waals surface area contributed by atoms with E-state index in [4.69, 9.17) is 4.74 Å². The van der Waals surface area contributed by atoms with Gasteiger partial charge >= 0.3 is 5.97 Å². The number of fused-ring (bicyclic) bond motifs is 1. The fourth-order valence-electron chi connectivity index (χ4n) is 2.53. The number of hydrogen-bond donors (Lipinski definition) is 0. The Hall–Kier alpha value is -2.24. The summed E-state index contributed by atoms with van der Waals surface area (Å²) in [6, 6.07) is 1.02. The van der Waals surface area contributed by atoms with E-state index in [1.54, 1.807) is 11.5 Å². The van der Waals surface area contributed by atoms with Gasteiger partial charge in [0.15, 0.2) is 5.82 Å². The minimum atomic E-state index is -0.801. The van der Waals surface area contributed by atoms with Gasteiger partial charge in [-0.05, 0) is 32.8 Å². The normalized spacial score (nSPS) is 14.4. The van der Waals surface area contributed by atoms with Crippen LogP contribution in [0, 0.1) is 18.6 Å². The first-order valence-electron chi connectivity index (χ1n) is 7.16. The average Bonchev–Trinajstić information content (AvgIpc) is 3.30. The van der Waals surface area contributed by atoms with Crippen LogP contribution in [0.2, 0.25) is 0 Å². The minimum Gasteiger partial charge on any atom is -0.462 e. The summed E-state index contributed by atoms with van der Waals surface area (Å²) in [4.78, 5) is 24.3. The van der Waals surface area contributed by atoms with Crippen LogP contribution in [0.25, 0.3) is 10.9 Å². The van der Waals surface area contributed by atoms with Gasteiger partial charge in [-0.25, -0.2) is 13.6 Å². The summed E-state index contributed by atoms with van der Waals surface area (Å²) in [5.41, 5.74) is -0.975. The van der Waals surface area contributed by atoms with E-state index in [0.29, 0.717) is 0 Å². The topological polar surface area (TPSA) is 48.3 Å². The molecular formula is C16H15F2NO3. The first-order chi connectivity index (χ1) is 10.5. The first kappa shape index (κ1) is 14.7. The highest BCUT2D eigenvalue weighted by Crippen LogP contribution is 2.38. The van der Waals surface area contributed by atoms with Gasteiger partial charge in [0.25, 0.3) is 0 Å². The van der Waals surface area contributed by atoms with Crippen molar-refractivity contribution in [2.24, 2.45) is 0 Å². The second-order valence-electron chi connectivity index (χ2n) is 5.42. The lowest BCUT2D eigenvalue weighted by Gasteiger charge is -2.14.